The predicted molar refractivity (Wildman–Crippen MR) is 71.1 cm³/mol. The lowest BCUT2D eigenvalue weighted by Gasteiger charge is -2.34. The molecule has 17 heavy (non-hydrogen) atoms. The third kappa shape index (κ3) is 4.57. The molecule has 2 unspecified atom stereocenters. The standard InChI is InChI=1S/C14H28N2O/c17-10-6-14-4-2-8-16(12-14)9-5-13-3-1-7-15-11-13/h13-15,17H,1-12H2. The van der Waals surface area contributed by atoms with Gasteiger partial charge < -0.3 is 15.3 Å². The summed E-state index contributed by atoms with van der Waals surface area (Å²) in [7, 11) is 0. The van der Waals surface area contributed by atoms with Crippen molar-refractivity contribution >= 4 is 0 Å². The summed E-state index contributed by atoms with van der Waals surface area (Å²) in [5.41, 5.74) is 0. The van der Waals surface area contributed by atoms with E-state index in [0.29, 0.717) is 6.61 Å². The molecule has 0 spiro atoms. The van der Waals surface area contributed by atoms with Gasteiger partial charge >= 0.3 is 0 Å². The molecule has 2 heterocycles. The lowest BCUT2D eigenvalue weighted by atomic mass is 9.93. The van der Waals surface area contributed by atoms with E-state index >= 15 is 0 Å². The highest BCUT2D eigenvalue weighted by Crippen LogP contribution is 2.21. The molecule has 2 aliphatic heterocycles. The number of nitrogens with one attached hydrogen (secondary N) is 1. The first-order valence-electron chi connectivity index (χ1n) is 7.42. The molecule has 0 aromatic heterocycles. The minimum absolute atomic E-state index is 0.366. The maximum Gasteiger partial charge on any atom is 0.0434 e. The first kappa shape index (κ1) is 13.3. The molecule has 0 amide bonds. The fraction of sp³-hybridized carbons (Fsp3) is 1.00. The number of hydrogen-bond donors (Lipinski definition) is 2. The highest BCUT2D eigenvalue weighted by atomic mass is 16.3. The van der Waals surface area contributed by atoms with E-state index in [1.807, 2.05) is 0 Å². The van der Waals surface area contributed by atoms with Gasteiger partial charge in [0.1, 0.15) is 0 Å². The zero-order chi connectivity index (χ0) is 11.9. The zero-order valence-electron chi connectivity index (χ0n) is 11.0. The van der Waals surface area contributed by atoms with Crippen molar-refractivity contribution in [2.75, 3.05) is 39.3 Å². The molecule has 2 atom stereocenters. The third-order valence-electron chi connectivity index (χ3n) is 4.39. The Morgan fingerprint density at radius 1 is 1.12 bits per heavy atom. The second-order valence-corrected chi connectivity index (χ2v) is 5.82. The van der Waals surface area contributed by atoms with E-state index in [9.17, 15) is 0 Å². The second-order valence-electron chi connectivity index (χ2n) is 5.82. The van der Waals surface area contributed by atoms with E-state index in [2.05, 4.69) is 10.2 Å². The summed E-state index contributed by atoms with van der Waals surface area (Å²) in [4.78, 5) is 2.62. The summed E-state index contributed by atoms with van der Waals surface area (Å²) in [6, 6.07) is 0. The topological polar surface area (TPSA) is 35.5 Å². The van der Waals surface area contributed by atoms with E-state index in [1.54, 1.807) is 0 Å². The maximum atomic E-state index is 9.01. The molecule has 2 fully saturated rings. The normalized spacial score (nSPS) is 31.6. The first-order chi connectivity index (χ1) is 8.38. The van der Waals surface area contributed by atoms with Crippen LogP contribution in [0.5, 0.6) is 0 Å². The average Bonchev–Trinajstić information content (AvgIpc) is 2.39. The molecule has 3 nitrogen and oxygen atoms in total. The third-order valence-corrected chi connectivity index (χ3v) is 4.39. The molecule has 0 aliphatic carbocycles. The van der Waals surface area contributed by atoms with Crippen molar-refractivity contribution in [3.05, 3.63) is 0 Å². The zero-order valence-corrected chi connectivity index (χ0v) is 11.0. The van der Waals surface area contributed by atoms with Crippen LogP contribution in [-0.2, 0) is 0 Å². The smallest absolute Gasteiger partial charge is 0.0434 e. The van der Waals surface area contributed by atoms with E-state index in [4.69, 9.17) is 5.11 Å². The fourth-order valence-electron chi connectivity index (χ4n) is 3.31. The van der Waals surface area contributed by atoms with E-state index in [1.165, 1.54) is 64.8 Å². The van der Waals surface area contributed by atoms with Gasteiger partial charge in [0.25, 0.3) is 0 Å². The number of rotatable bonds is 5. The highest BCUT2D eigenvalue weighted by Gasteiger charge is 2.20. The lowest BCUT2D eigenvalue weighted by Crippen LogP contribution is -2.38. The summed E-state index contributed by atoms with van der Waals surface area (Å²) >= 11 is 0. The molecule has 0 aromatic rings. The van der Waals surface area contributed by atoms with Gasteiger partial charge in [-0.05, 0) is 76.5 Å². The predicted octanol–water partition coefficient (Wildman–Crippen LogP) is 1.47. The minimum Gasteiger partial charge on any atom is -0.396 e. The van der Waals surface area contributed by atoms with E-state index in [-0.39, 0.29) is 0 Å². The van der Waals surface area contributed by atoms with Crippen LogP contribution in [0.2, 0.25) is 0 Å². The summed E-state index contributed by atoms with van der Waals surface area (Å²) < 4.78 is 0. The van der Waals surface area contributed by atoms with Crippen molar-refractivity contribution in [3.63, 3.8) is 0 Å². The quantitative estimate of drug-likeness (QED) is 0.764. The fourth-order valence-corrected chi connectivity index (χ4v) is 3.31. The Labute approximate surface area is 106 Å². The Hall–Kier alpha value is -0.120. The number of likely N-dealkylation sites (tertiary alicyclic amines) is 1. The van der Waals surface area contributed by atoms with Crippen molar-refractivity contribution in [1.82, 2.24) is 10.2 Å². The van der Waals surface area contributed by atoms with Crippen LogP contribution in [0.4, 0.5) is 0 Å². The van der Waals surface area contributed by atoms with Crippen LogP contribution in [0.3, 0.4) is 0 Å². The molecule has 3 heteroatoms. The van der Waals surface area contributed by atoms with Gasteiger partial charge in [0, 0.05) is 13.2 Å². The Kier molecular flexibility index (Phi) is 5.75. The first-order valence-corrected chi connectivity index (χ1v) is 7.42. The SMILES string of the molecule is OCCC1CCCN(CCC2CCCNC2)C1. The molecule has 0 saturated carbocycles. The molecular weight excluding hydrogens is 212 g/mol. The minimum atomic E-state index is 0.366. The van der Waals surface area contributed by atoms with Gasteiger partial charge in [-0.3, -0.25) is 0 Å². The van der Waals surface area contributed by atoms with Crippen LogP contribution < -0.4 is 5.32 Å². The summed E-state index contributed by atoms with van der Waals surface area (Å²) in [6.45, 7) is 6.59. The van der Waals surface area contributed by atoms with E-state index in [0.717, 1.165) is 18.3 Å². The van der Waals surface area contributed by atoms with Crippen LogP contribution in [0.1, 0.15) is 38.5 Å². The molecule has 100 valence electrons. The monoisotopic (exact) mass is 240 g/mol. The van der Waals surface area contributed by atoms with Crippen molar-refractivity contribution in [1.29, 1.82) is 0 Å². The molecule has 2 aliphatic rings. The summed E-state index contributed by atoms with van der Waals surface area (Å²) in [5, 5.41) is 12.5. The van der Waals surface area contributed by atoms with Gasteiger partial charge in [-0.1, -0.05) is 0 Å². The molecule has 2 saturated heterocycles. The number of aliphatic hydroxyl groups excluding tert-OH is 1. The van der Waals surface area contributed by atoms with Crippen LogP contribution in [0, 0.1) is 11.8 Å². The highest BCUT2D eigenvalue weighted by molar-refractivity contribution is 4.75. The Morgan fingerprint density at radius 2 is 2.00 bits per heavy atom. The van der Waals surface area contributed by atoms with Gasteiger partial charge in [0.15, 0.2) is 0 Å². The lowest BCUT2D eigenvalue weighted by molar-refractivity contribution is 0.138. The number of nitrogens with zero attached hydrogens (tertiary/aromatic N) is 1. The second kappa shape index (κ2) is 7.34. The van der Waals surface area contributed by atoms with Crippen LogP contribution in [0.15, 0.2) is 0 Å². The van der Waals surface area contributed by atoms with Gasteiger partial charge in [0.2, 0.25) is 0 Å². The maximum absolute atomic E-state index is 9.01. The Balaban J connectivity index is 1.64. The van der Waals surface area contributed by atoms with Crippen molar-refractivity contribution in [2.24, 2.45) is 11.8 Å². The summed E-state index contributed by atoms with van der Waals surface area (Å²) in [6.07, 6.45) is 7.79. The summed E-state index contributed by atoms with van der Waals surface area (Å²) in [5.74, 6) is 1.65. The Morgan fingerprint density at radius 3 is 2.76 bits per heavy atom. The number of aliphatic hydroxyl groups is 1. The van der Waals surface area contributed by atoms with Crippen molar-refractivity contribution < 1.29 is 5.11 Å². The largest absolute Gasteiger partial charge is 0.396 e. The van der Waals surface area contributed by atoms with Gasteiger partial charge in [-0.15, -0.1) is 0 Å². The molecule has 0 bridgehead atoms. The van der Waals surface area contributed by atoms with Crippen LogP contribution in [0.25, 0.3) is 0 Å². The molecular formula is C14H28N2O. The van der Waals surface area contributed by atoms with Crippen LogP contribution >= 0.6 is 0 Å². The number of hydrogen-bond acceptors (Lipinski definition) is 3. The molecule has 2 rings (SSSR count). The van der Waals surface area contributed by atoms with E-state index < -0.39 is 0 Å². The van der Waals surface area contributed by atoms with Gasteiger partial charge in [0.05, 0.1) is 0 Å². The van der Waals surface area contributed by atoms with Crippen molar-refractivity contribution in [2.45, 2.75) is 38.5 Å². The van der Waals surface area contributed by atoms with Crippen LogP contribution in [-0.4, -0.2) is 49.3 Å². The van der Waals surface area contributed by atoms with Gasteiger partial charge in [-0.25, -0.2) is 0 Å². The molecule has 0 radical (unpaired) electrons. The average molecular weight is 240 g/mol. The molecule has 0 aromatic carbocycles. The Bertz CT molecular complexity index is 202. The van der Waals surface area contributed by atoms with Crippen molar-refractivity contribution in [3.8, 4) is 0 Å². The number of piperidine rings is 2. The van der Waals surface area contributed by atoms with Gasteiger partial charge in [-0.2, -0.15) is 0 Å². The molecule has 2 N–H and O–H groups in total.